The van der Waals surface area contributed by atoms with Gasteiger partial charge in [-0.25, -0.2) is 13.1 Å². The second kappa shape index (κ2) is 6.93. The molecule has 6 heteroatoms. The van der Waals surface area contributed by atoms with Gasteiger partial charge in [0.25, 0.3) is 0 Å². The number of benzene rings is 1. The fourth-order valence-corrected chi connectivity index (χ4v) is 3.99. The van der Waals surface area contributed by atoms with Gasteiger partial charge in [0.2, 0.25) is 10.0 Å². The van der Waals surface area contributed by atoms with Gasteiger partial charge < -0.3 is 0 Å². The molecule has 1 aliphatic heterocycles. The number of rotatable bonds is 5. The van der Waals surface area contributed by atoms with E-state index in [9.17, 15) is 8.42 Å². The van der Waals surface area contributed by atoms with Gasteiger partial charge in [0.1, 0.15) is 0 Å². The van der Waals surface area contributed by atoms with Crippen LogP contribution in [0.25, 0.3) is 0 Å². The first-order chi connectivity index (χ1) is 9.46. The lowest BCUT2D eigenvalue weighted by molar-refractivity contribution is 0.225. The van der Waals surface area contributed by atoms with Crippen LogP contribution in [0, 0.1) is 6.92 Å². The molecule has 1 heterocycles. The number of thioether (sulfide) groups is 1. The summed E-state index contributed by atoms with van der Waals surface area (Å²) in [4.78, 5) is 2.37. The summed E-state index contributed by atoms with van der Waals surface area (Å²) in [6.45, 7) is 4.33. The Balaban J connectivity index is 2.00. The Bertz CT molecular complexity index is 529. The fourth-order valence-electron chi connectivity index (χ4n) is 2.38. The Hall–Kier alpha value is -0.560. The highest BCUT2D eigenvalue weighted by molar-refractivity contribution is 7.99. The van der Waals surface area contributed by atoms with Crippen molar-refractivity contribution in [2.75, 3.05) is 37.4 Å². The van der Waals surface area contributed by atoms with Crippen LogP contribution >= 0.6 is 11.8 Å². The van der Waals surface area contributed by atoms with E-state index in [4.69, 9.17) is 0 Å². The van der Waals surface area contributed by atoms with Crippen LogP contribution in [0.15, 0.2) is 24.3 Å². The summed E-state index contributed by atoms with van der Waals surface area (Å²) >= 11 is 1.96. The number of nitrogens with zero attached hydrogens (tertiary/aromatic N) is 1. The molecular weight excluding hydrogens is 292 g/mol. The molecule has 1 aromatic rings. The third-order valence-electron chi connectivity index (χ3n) is 3.46. The molecule has 1 aromatic carbocycles. The molecule has 1 unspecified atom stereocenters. The van der Waals surface area contributed by atoms with Crippen molar-refractivity contribution in [3.63, 3.8) is 0 Å². The van der Waals surface area contributed by atoms with Crippen LogP contribution in [0.1, 0.15) is 17.2 Å². The normalized spacial score (nSPS) is 21.0. The van der Waals surface area contributed by atoms with Crippen molar-refractivity contribution in [1.82, 2.24) is 9.62 Å². The van der Waals surface area contributed by atoms with Crippen molar-refractivity contribution in [3.05, 3.63) is 35.4 Å². The monoisotopic (exact) mass is 314 g/mol. The molecule has 20 heavy (non-hydrogen) atoms. The first kappa shape index (κ1) is 15.8. The zero-order valence-corrected chi connectivity index (χ0v) is 13.6. The molecule has 1 saturated heterocycles. The maximum Gasteiger partial charge on any atom is 0.208 e. The smallest absolute Gasteiger partial charge is 0.208 e. The van der Waals surface area contributed by atoms with Crippen LogP contribution in [0.5, 0.6) is 0 Å². The number of hydrogen-bond acceptors (Lipinski definition) is 4. The second-order valence-electron chi connectivity index (χ2n) is 5.20. The van der Waals surface area contributed by atoms with Gasteiger partial charge in [-0.3, -0.25) is 4.90 Å². The molecule has 4 nitrogen and oxygen atoms in total. The first-order valence-electron chi connectivity index (χ1n) is 6.79. The Morgan fingerprint density at radius 2 is 2.05 bits per heavy atom. The molecule has 2 rings (SSSR count). The van der Waals surface area contributed by atoms with Gasteiger partial charge in [-0.1, -0.05) is 29.8 Å². The molecule has 0 bridgehead atoms. The molecule has 1 aliphatic rings. The van der Waals surface area contributed by atoms with E-state index in [0.717, 1.165) is 24.6 Å². The minimum Gasteiger partial charge on any atom is -0.293 e. The predicted molar refractivity (Wildman–Crippen MR) is 85.7 cm³/mol. The average molecular weight is 314 g/mol. The number of aryl methyl sites for hydroxylation is 1. The maximum atomic E-state index is 11.1. The lowest BCUT2D eigenvalue weighted by Gasteiger charge is -2.35. The van der Waals surface area contributed by atoms with Crippen molar-refractivity contribution >= 4 is 21.8 Å². The van der Waals surface area contributed by atoms with E-state index in [-0.39, 0.29) is 0 Å². The number of sulfonamides is 1. The summed E-state index contributed by atoms with van der Waals surface area (Å²) in [5, 5.41) is 0. The number of nitrogens with one attached hydrogen (secondary N) is 1. The largest absolute Gasteiger partial charge is 0.293 e. The highest BCUT2D eigenvalue weighted by Gasteiger charge is 2.23. The topological polar surface area (TPSA) is 49.4 Å². The highest BCUT2D eigenvalue weighted by Crippen LogP contribution is 2.29. The summed E-state index contributed by atoms with van der Waals surface area (Å²) < 4.78 is 24.8. The molecular formula is C14H22N2O2S2. The summed E-state index contributed by atoms with van der Waals surface area (Å²) in [6.07, 6.45) is 1.20. The van der Waals surface area contributed by atoms with E-state index >= 15 is 0 Å². The van der Waals surface area contributed by atoms with E-state index in [0.29, 0.717) is 12.6 Å². The third kappa shape index (κ3) is 4.77. The van der Waals surface area contributed by atoms with Gasteiger partial charge in [0, 0.05) is 37.2 Å². The van der Waals surface area contributed by atoms with Crippen molar-refractivity contribution in [1.29, 1.82) is 0 Å². The van der Waals surface area contributed by atoms with Gasteiger partial charge in [0.05, 0.1) is 6.26 Å². The molecule has 0 amide bonds. The molecule has 1 atom stereocenters. The van der Waals surface area contributed by atoms with E-state index in [1.165, 1.54) is 17.4 Å². The standard InChI is InChI=1S/C14H22N2O2S2/c1-12-3-5-13(6-4-12)14-11-19-10-9-16(14)8-7-15-20(2,17)18/h3-6,14-15H,7-11H2,1-2H3. The van der Waals surface area contributed by atoms with Crippen LogP contribution in [0.2, 0.25) is 0 Å². The van der Waals surface area contributed by atoms with Crippen LogP contribution in [0.4, 0.5) is 0 Å². The molecule has 0 aliphatic carbocycles. The quantitative estimate of drug-likeness (QED) is 0.897. The molecule has 0 aromatic heterocycles. The molecule has 112 valence electrons. The minimum atomic E-state index is -3.09. The zero-order valence-electron chi connectivity index (χ0n) is 12.0. The van der Waals surface area contributed by atoms with Crippen LogP contribution in [0.3, 0.4) is 0 Å². The van der Waals surface area contributed by atoms with E-state index in [2.05, 4.69) is 40.8 Å². The molecule has 0 saturated carbocycles. The lowest BCUT2D eigenvalue weighted by Crippen LogP contribution is -2.41. The van der Waals surface area contributed by atoms with Crippen molar-refractivity contribution in [2.24, 2.45) is 0 Å². The van der Waals surface area contributed by atoms with Crippen LogP contribution < -0.4 is 4.72 Å². The van der Waals surface area contributed by atoms with E-state index in [1.807, 2.05) is 11.8 Å². The molecule has 0 spiro atoms. The fraction of sp³-hybridized carbons (Fsp3) is 0.571. The van der Waals surface area contributed by atoms with Crippen molar-refractivity contribution in [3.8, 4) is 0 Å². The van der Waals surface area contributed by atoms with Gasteiger partial charge in [-0.05, 0) is 12.5 Å². The van der Waals surface area contributed by atoms with Crippen LogP contribution in [-0.4, -0.2) is 50.7 Å². The Morgan fingerprint density at radius 3 is 2.70 bits per heavy atom. The van der Waals surface area contributed by atoms with Crippen LogP contribution in [-0.2, 0) is 10.0 Å². The van der Waals surface area contributed by atoms with Gasteiger partial charge >= 0.3 is 0 Å². The Labute approximate surface area is 126 Å². The SMILES string of the molecule is Cc1ccc(C2CSCCN2CCNS(C)(=O)=O)cc1. The Morgan fingerprint density at radius 1 is 1.35 bits per heavy atom. The Kier molecular flexibility index (Phi) is 5.49. The zero-order chi connectivity index (χ0) is 14.6. The van der Waals surface area contributed by atoms with Gasteiger partial charge in [0.15, 0.2) is 0 Å². The van der Waals surface area contributed by atoms with Crippen molar-refractivity contribution in [2.45, 2.75) is 13.0 Å². The first-order valence-corrected chi connectivity index (χ1v) is 9.83. The van der Waals surface area contributed by atoms with E-state index in [1.54, 1.807) is 0 Å². The maximum absolute atomic E-state index is 11.1. The molecule has 1 fully saturated rings. The predicted octanol–water partition coefficient (Wildman–Crippen LogP) is 1.63. The number of hydrogen-bond donors (Lipinski definition) is 1. The lowest BCUT2D eigenvalue weighted by atomic mass is 10.0. The van der Waals surface area contributed by atoms with E-state index < -0.39 is 10.0 Å². The molecule has 1 N–H and O–H groups in total. The average Bonchev–Trinajstić information content (AvgIpc) is 2.39. The summed E-state index contributed by atoms with van der Waals surface area (Å²) in [5.74, 6) is 2.18. The highest BCUT2D eigenvalue weighted by atomic mass is 32.2. The summed E-state index contributed by atoms with van der Waals surface area (Å²) in [6, 6.07) is 9.03. The third-order valence-corrected chi connectivity index (χ3v) is 5.22. The molecule has 0 radical (unpaired) electrons. The van der Waals surface area contributed by atoms with Gasteiger partial charge in [-0.15, -0.1) is 0 Å². The second-order valence-corrected chi connectivity index (χ2v) is 8.19. The summed E-state index contributed by atoms with van der Waals surface area (Å²) in [5.41, 5.74) is 2.59. The van der Waals surface area contributed by atoms with Crippen molar-refractivity contribution < 1.29 is 8.42 Å². The van der Waals surface area contributed by atoms with Gasteiger partial charge in [-0.2, -0.15) is 11.8 Å². The summed E-state index contributed by atoms with van der Waals surface area (Å²) in [7, 11) is -3.09. The minimum absolute atomic E-state index is 0.385.